The first-order valence-corrected chi connectivity index (χ1v) is 11.9. The van der Waals surface area contributed by atoms with Crippen molar-refractivity contribution in [2.75, 3.05) is 23.4 Å². The lowest BCUT2D eigenvalue weighted by molar-refractivity contribution is -0.123. The van der Waals surface area contributed by atoms with Crippen molar-refractivity contribution in [1.82, 2.24) is 4.98 Å². The van der Waals surface area contributed by atoms with Crippen LogP contribution in [0.25, 0.3) is 11.3 Å². The molecule has 1 aliphatic heterocycles. The van der Waals surface area contributed by atoms with E-state index < -0.39 is 0 Å². The molecule has 162 valence electrons. The lowest BCUT2D eigenvalue weighted by Crippen LogP contribution is -2.43. The molecule has 2 amide bonds. The number of carbonyl (C=O) groups excluding carboxylic acids is 2. The van der Waals surface area contributed by atoms with E-state index in [1.807, 2.05) is 32.0 Å². The van der Waals surface area contributed by atoms with Crippen LogP contribution in [0, 0.1) is 25.2 Å². The predicted molar refractivity (Wildman–Crippen MR) is 125 cm³/mol. The van der Waals surface area contributed by atoms with Gasteiger partial charge in [-0.2, -0.15) is 5.26 Å². The molecule has 7 nitrogen and oxygen atoms in total. The molecule has 0 radical (unpaired) electrons. The molecule has 1 aromatic carbocycles. The molecular weight excluding hydrogens is 444 g/mol. The van der Waals surface area contributed by atoms with Crippen molar-refractivity contribution in [2.45, 2.75) is 33.1 Å². The molecule has 5 rings (SSSR count). The van der Waals surface area contributed by atoms with Crippen molar-refractivity contribution in [3.8, 4) is 23.1 Å². The Morgan fingerprint density at radius 3 is 2.91 bits per heavy atom. The van der Waals surface area contributed by atoms with Crippen molar-refractivity contribution in [2.24, 2.45) is 0 Å². The Bertz CT molecular complexity index is 1300. The van der Waals surface area contributed by atoms with Gasteiger partial charge in [0.05, 0.1) is 22.0 Å². The number of anilines is 2. The number of aromatic nitrogens is 1. The number of rotatable bonds is 4. The van der Waals surface area contributed by atoms with E-state index in [0.29, 0.717) is 22.0 Å². The van der Waals surface area contributed by atoms with Crippen molar-refractivity contribution in [3.63, 3.8) is 0 Å². The van der Waals surface area contributed by atoms with Crippen LogP contribution in [0.15, 0.2) is 18.2 Å². The van der Waals surface area contributed by atoms with E-state index in [2.05, 4.69) is 16.4 Å². The first-order chi connectivity index (χ1) is 15.4. The van der Waals surface area contributed by atoms with Crippen LogP contribution in [0.4, 0.5) is 10.7 Å². The van der Waals surface area contributed by atoms with Crippen LogP contribution in [-0.2, 0) is 22.4 Å². The molecule has 0 saturated carbocycles. The summed E-state index contributed by atoms with van der Waals surface area (Å²) in [5.74, 6) is -0.0718. The second-order valence-electron chi connectivity index (χ2n) is 7.81. The molecule has 0 unspecified atom stereocenters. The molecule has 0 bridgehead atoms. The molecule has 2 aromatic heterocycles. The standard InChI is InChI=1S/C23H20N4O3S2/c1-12-22(25-13(2)31-12)14-6-7-18-17(8-14)27(21(29)11-30-18)10-20(28)26-23-16(9-24)15-4-3-5-19(15)32-23/h6-8H,3-5,10-11H2,1-2H3,(H,26,28). The van der Waals surface area contributed by atoms with Crippen LogP contribution >= 0.6 is 22.7 Å². The number of nitriles is 1. The van der Waals surface area contributed by atoms with Crippen LogP contribution in [0.1, 0.15) is 32.3 Å². The summed E-state index contributed by atoms with van der Waals surface area (Å²) in [4.78, 5) is 33.8. The van der Waals surface area contributed by atoms with Gasteiger partial charge in [0.25, 0.3) is 5.91 Å². The quantitative estimate of drug-likeness (QED) is 0.624. The molecule has 9 heteroatoms. The number of thiophene rings is 1. The average molecular weight is 465 g/mol. The van der Waals surface area contributed by atoms with Gasteiger partial charge >= 0.3 is 0 Å². The highest BCUT2D eigenvalue weighted by Gasteiger charge is 2.29. The molecule has 2 aliphatic rings. The Morgan fingerprint density at radius 2 is 2.16 bits per heavy atom. The Hall–Kier alpha value is -3.22. The van der Waals surface area contributed by atoms with Gasteiger partial charge in [0.15, 0.2) is 6.61 Å². The minimum Gasteiger partial charge on any atom is -0.482 e. The fraction of sp³-hybridized carbons (Fsp3) is 0.304. The van der Waals surface area contributed by atoms with Gasteiger partial charge in [-0.1, -0.05) is 0 Å². The minimum absolute atomic E-state index is 0.120. The van der Waals surface area contributed by atoms with Gasteiger partial charge in [-0.3, -0.25) is 14.5 Å². The van der Waals surface area contributed by atoms with Crippen LogP contribution in [0.5, 0.6) is 5.75 Å². The Balaban J connectivity index is 1.42. The molecule has 1 aliphatic carbocycles. The summed E-state index contributed by atoms with van der Waals surface area (Å²) in [6.07, 6.45) is 2.86. The van der Waals surface area contributed by atoms with E-state index in [1.165, 1.54) is 21.1 Å². The number of ether oxygens (including phenoxy) is 1. The predicted octanol–water partition coefficient (Wildman–Crippen LogP) is 4.21. The van der Waals surface area contributed by atoms with Crippen LogP contribution in [0.3, 0.4) is 0 Å². The number of hydrogen-bond donors (Lipinski definition) is 1. The zero-order chi connectivity index (χ0) is 22.4. The zero-order valence-corrected chi connectivity index (χ0v) is 19.3. The highest BCUT2D eigenvalue weighted by atomic mass is 32.1. The normalized spacial score (nSPS) is 14.5. The lowest BCUT2D eigenvalue weighted by Gasteiger charge is -2.29. The average Bonchev–Trinajstić information content (AvgIpc) is 3.44. The smallest absolute Gasteiger partial charge is 0.265 e. The first kappa shape index (κ1) is 20.7. The van der Waals surface area contributed by atoms with E-state index in [9.17, 15) is 14.9 Å². The number of aryl methyl sites for hydroxylation is 3. The largest absolute Gasteiger partial charge is 0.482 e. The molecular formula is C23H20N4O3S2. The third kappa shape index (κ3) is 3.55. The van der Waals surface area contributed by atoms with E-state index in [4.69, 9.17) is 4.74 Å². The molecule has 3 aromatic rings. The second-order valence-corrected chi connectivity index (χ2v) is 10.3. The summed E-state index contributed by atoms with van der Waals surface area (Å²) in [5, 5.41) is 14.0. The number of benzene rings is 1. The summed E-state index contributed by atoms with van der Waals surface area (Å²) in [6.45, 7) is 3.70. The van der Waals surface area contributed by atoms with Gasteiger partial charge in [-0.05, 0) is 56.9 Å². The molecule has 0 spiro atoms. The van der Waals surface area contributed by atoms with E-state index in [0.717, 1.165) is 46.0 Å². The van der Waals surface area contributed by atoms with Crippen molar-refractivity contribution in [1.29, 1.82) is 5.26 Å². The number of carbonyl (C=O) groups is 2. The highest BCUT2D eigenvalue weighted by Crippen LogP contribution is 2.39. The number of amides is 2. The lowest BCUT2D eigenvalue weighted by atomic mass is 10.1. The van der Waals surface area contributed by atoms with Crippen LogP contribution < -0.4 is 15.0 Å². The molecule has 32 heavy (non-hydrogen) atoms. The second kappa shape index (κ2) is 8.04. The van der Waals surface area contributed by atoms with Crippen molar-refractivity contribution >= 4 is 45.2 Å². The maximum atomic E-state index is 12.9. The molecule has 0 atom stereocenters. The van der Waals surface area contributed by atoms with Gasteiger partial charge in [-0.25, -0.2) is 4.98 Å². The number of nitrogens with zero attached hydrogens (tertiary/aromatic N) is 3. The molecule has 3 heterocycles. The van der Waals surface area contributed by atoms with Crippen LogP contribution in [0.2, 0.25) is 0 Å². The molecule has 0 saturated heterocycles. The third-order valence-corrected chi connectivity index (χ3v) is 7.76. The van der Waals surface area contributed by atoms with E-state index in [1.54, 1.807) is 11.3 Å². The maximum Gasteiger partial charge on any atom is 0.265 e. The Morgan fingerprint density at radius 1 is 1.31 bits per heavy atom. The van der Waals surface area contributed by atoms with E-state index in [-0.39, 0.29) is 25.0 Å². The Labute approximate surface area is 193 Å². The van der Waals surface area contributed by atoms with Crippen LogP contribution in [-0.4, -0.2) is 29.9 Å². The summed E-state index contributed by atoms with van der Waals surface area (Å²) >= 11 is 3.08. The third-order valence-electron chi connectivity index (χ3n) is 5.67. The van der Waals surface area contributed by atoms with Crippen molar-refractivity contribution in [3.05, 3.63) is 44.1 Å². The van der Waals surface area contributed by atoms with Gasteiger partial charge in [0.1, 0.15) is 23.4 Å². The molecule has 0 fully saturated rings. The SMILES string of the molecule is Cc1nc(-c2ccc3c(c2)N(CC(=O)Nc2sc4c(c2C#N)CCC4)C(=O)CO3)c(C)s1. The highest BCUT2D eigenvalue weighted by molar-refractivity contribution is 7.16. The number of nitrogens with one attached hydrogen (secondary N) is 1. The van der Waals surface area contributed by atoms with Gasteiger partial charge < -0.3 is 10.1 Å². The number of hydrogen-bond acceptors (Lipinski definition) is 7. The van der Waals surface area contributed by atoms with Gasteiger partial charge in [0.2, 0.25) is 5.91 Å². The van der Waals surface area contributed by atoms with E-state index >= 15 is 0 Å². The number of thiazole rings is 1. The summed E-state index contributed by atoms with van der Waals surface area (Å²) in [7, 11) is 0. The number of fused-ring (bicyclic) bond motifs is 2. The fourth-order valence-corrected chi connectivity index (χ4v) is 6.34. The topological polar surface area (TPSA) is 95.3 Å². The zero-order valence-electron chi connectivity index (χ0n) is 17.7. The fourth-order valence-electron chi connectivity index (χ4n) is 4.24. The Kier molecular flexibility index (Phi) is 5.19. The van der Waals surface area contributed by atoms with Gasteiger partial charge in [-0.15, -0.1) is 22.7 Å². The summed E-state index contributed by atoms with van der Waals surface area (Å²) in [5.41, 5.74) is 3.90. The van der Waals surface area contributed by atoms with Gasteiger partial charge in [0, 0.05) is 15.3 Å². The summed E-state index contributed by atoms with van der Waals surface area (Å²) in [6, 6.07) is 7.81. The maximum absolute atomic E-state index is 12.9. The first-order valence-electron chi connectivity index (χ1n) is 10.3. The summed E-state index contributed by atoms with van der Waals surface area (Å²) < 4.78 is 5.59. The minimum atomic E-state index is -0.339. The van der Waals surface area contributed by atoms with Crippen molar-refractivity contribution < 1.29 is 14.3 Å². The molecule has 1 N–H and O–H groups in total. The monoisotopic (exact) mass is 464 g/mol.